The fourth-order valence-corrected chi connectivity index (χ4v) is 2.45. The minimum absolute atomic E-state index is 0.0265. The molecule has 0 radical (unpaired) electrons. The van der Waals surface area contributed by atoms with Crippen molar-refractivity contribution in [3.63, 3.8) is 0 Å². The Kier molecular flexibility index (Phi) is 4.42. The predicted octanol–water partition coefficient (Wildman–Crippen LogP) is 4.23. The number of fused-ring (bicyclic) bond motifs is 1. The summed E-state index contributed by atoms with van der Waals surface area (Å²) < 4.78 is 49.4. The zero-order valence-corrected chi connectivity index (χ0v) is 12.9. The van der Waals surface area contributed by atoms with Crippen molar-refractivity contribution in [1.29, 1.82) is 0 Å². The molecular formula is C15H14ClF3O3. The van der Waals surface area contributed by atoms with Gasteiger partial charge in [-0.05, 0) is 44.0 Å². The van der Waals surface area contributed by atoms with E-state index in [4.69, 9.17) is 16.3 Å². The summed E-state index contributed by atoms with van der Waals surface area (Å²) in [7, 11) is 0. The van der Waals surface area contributed by atoms with E-state index in [1.807, 2.05) is 0 Å². The van der Waals surface area contributed by atoms with Crippen molar-refractivity contribution in [3.8, 4) is 5.75 Å². The molecule has 7 heteroatoms. The summed E-state index contributed by atoms with van der Waals surface area (Å²) in [4.78, 5) is 11.8. The minimum Gasteiger partial charge on any atom is -0.475 e. The first-order valence-corrected chi connectivity index (χ1v) is 6.96. The van der Waals surface area contributed by atoms with E-state index < -0.39 is 23.8 Å². The standard InChI is InChI=1S/C15H14ClF3O3/c1-4-21-14(20)10-5-9-6-11(16)7(2)8(3)12(9)22-13(10)15(17,18)19/h5-6,13H,4H2,1-3H3. The molecule has 1 aromatic carbocycles. The normalized spacial score (nSPS) is 17.4. The van der Waals surface area contributed by atoms with Gasteiger partial charge in [-0.25, -0.2) is 4.79 Å². The van der Waals surface area contributed by atoms with Crippen molar-refractivity contribution >= 4 is 23.6 Å². The van der Waals surface area contributed by atoms with Crippen LogP contribution in [0.2, 0.25) is 5.02 Å². The first kappa shape index (κ1) is 16.7. The molecule has 0 saturated heterocycles. The van der Waals surface area contributed by atoms with Crippen LogP contribution in [-0.4, -0.2) is 24.9 Å². The zero-order chi connectivity index (χ0) is 16.7. The van der Waals surface area contributed by atoms with Crippen LogP contribution in [0, 0.1) is 13.8 Å². The first-order valence-electron chi connectivity index (χ1n) is 6.58. The molecule has 1 unspecified atom stereocenters. The van der Waals surface area contributed by atoms with Gasteiger partial charge in [0.15, 0.2) is 0 Å². The summed E-state index contributed by atoms with van der Waals surface area (Å²) in [6, 6.07) is 1.48. The van der Waals surface area contributed by atoms with Gasteiger partial charge in [0, 0.05) is 10.6 Å². The van der Waals surface area contributed by atoms with Gasteiger partial charge in [-0.3, -0.25) is 0 Å². The van der Waals surface area contributed by atoms with Crippen LogP contribution in [0.15, 0.2) is 11.6 Å². The number of carbonyl (C=O) groups excluding carboxylic acids is 1. The van der Waals surface area contributed by atoms with Gasteiger partial charge in [-0.15, -0.1) is 0 Å². The molecule has 22 heavy (non-hydrogen) atoms. The molecule has 0 fully saturated rings. The number of benzene rings is 1. The van der Waals surface area contributed by atoms with Crippen LogP contribution in [0.25, 0.3) is 6.08 Å². The van der Waals surface area contributed by atoms with E-state index in [1.165, 1.54) is 13.0 Å². The number of hydrogen-bond acceptors (Lipinski definition) is 3. The summed E-state index contributed by atoms with van der Waals surface area (Å²) in [5.41, 5.74) is 0.892. The Morgan fingerprint density at radius 1 is 1.36 bits per heavy atom. The quantitative estimate of drug-likeness (QED) is 0.759. The molecule has 120 valence electrons. The van der Waals surface area contributed by atoms with Crippen LogP contribution < -0.4 is 4.74 Å². The Hall–Kier alpha value is -1.69. The molecule has 1 aliphatic heterocycles. The topological polar surface area (TPSA) is 35.5 Å². The molecular weight excluding hydrogens is 321 g/mol. The SMILES string of the molecule is CCOC(=O)C1=Cc2cc(Cl)c(C)c(C)c2OC1C(F)(F)F. The molecule has 1 atom stereocenters. The number of rotatable bonds is 2. The third-order valence-electron chi connectivity index (χ3n) is 3.44. The van der Waals surface area contributed by atoms with Crippen LogP contribution in [0.1, 0.15) is 23.6 Å². The maximum atomic E-state index is 13.2. The van der Waals surface area contributed by atoms with Crippen molar-refractivity contribution in [2.24, 2.45) is 0 Å². The van der Waals surface area contributed by atoms with Gasteiger partial charge in [-0.2, -0.15) is 13.2 Å². The van der Waals surface area contributed by atoms with Gasteiger partial charge in [0.2, 0.25) is 6.10 Å². The molecule has 1 aromatic rings. The van der Waals surface area contributed by atoms with Gasteiger partial charge in [-0.1, -0.05) is 11.6 Å². The molecule has 0 saturated carbocycles. The van der Waals surface area contributed by atoms with Crippen molar-refractivity contribution in [2.45, 2.75) is 33.1 Å². The third kappa shape index (κ3) is 2.92. The molecule has 0 bridgehead atoms. The second-order valence-electron chi connectivity index (χ2n) is 4.89. The fraction of sp³-hybridized carbons (Fsp3) is 0.400. The van der Waals surface area contributed by atoms with Crippen molar-refractivity contribution in [3.05, 3.63) is 33.4 Å². The number of esters is 1. The summed E-state index contributed by atoms with van der Waals surface area (Å²) in [5, 5.41) is 0.393. The van der Waals surface area contributed by atoms with Crippen LogP contribution in [0.5, 0.6) is 5.75 Å². The lowest BCUT2D eigenvalue weighted by Crippen LogP contribution is -2.41. The lowest BCUT2D eigenvalue weighted by Gasteiger charge is -2.29. The molecule has 0 spiro atoms. The fourth-order valence-electron chi connectivity index (χ4n) is 2.19. The van der Waals surface area contributed by atoms with E-state index in [0.717, 1.165) is 6.08 Å². The van der Waals surface area contributed by atoms with E-state index in [1.54, 1.807) is 13.8 Å². The van der Waals surface area contributed by atoms with Gasteiger partial charge in [0.25, 0.3) is 0 Å². The van der Waals surface area contributed by atoms with Gasteiger partial charge in [0.05, 0.1) is 12.2 Å². The number of alkyl halides is 3. The third-order valence-corrected chi connectivity index (χ3v) is 3.84. The molecule has 1 aliphatic rings. The predicted molar refractivity (Wildman–Crippen MR) is 76.0 cm³/mol. The molecule has 0 N–H and O–H groups in total. The first-order chi connectivity index (χ1) is 10.2. The summed E-state index contributed by atoms with van der Waals surface area (Å²) in [6.45, 7) is 4.80. The number of hydrogen-bond donors (Lipinski definition) is 0. The summed E-state index contributed by atoms with van der Waals surface area (Å²) in [5.74, 6) is -0.970. The van der Waals surface area contributed by atoms with Gasteiger partial charge in [0.1, 0.15) is 5.75 Å². The highest BCUT2D eigenvalue weighted by Crippen LogP contribution is 2.41. The van der Waals surface area contributed by atoms with E-state index in [-0.39, 0.29) is 12.4 Å². The Morgan fingerprint density at radius 3 is 2.55 bits per heavy atom. The Bertz CT molecular complexity index is 650. The molecule has 3 nitrogen and oxygen atoms in total. The van der Waals surface area contributed by atoms with E-state index in [2.05, 4.69) is 4.74 Å². The van der Waals surface area contributed by atoms with Crippen molar-refractivity contribution in [2.75, 3.05) is 6.61 Å². The maximum Gasteiger partial charge on any atom is 0.430 e. The molecule has 0 aliphatic carbocycles. The Balaban J connectivity index is 2.61. The maximum absolute atomic E-state index is 13.2. The average molecular weight is 335 g/mol. The van der Waals surface area contributed by atoms with Crippen LogP contribution in [-0.2, 0) is 9.53 Å². The number of halogens is 4. The molecule has 0 amide bonds. The highest BCUT2D eigenvalue weighted by atomic mass is 35.5. The Labute approximate surface area is 130 Å². The van der Waals surface area contributed by atoms with E-state index in [9.17, 15) is 18.0 Å². The van der Waals surface area contributed by atoms with Gasteiger partial charge < -0.3 is 9.47 Å². The monoisotopic (exact) mass is 334 g/mol. The molecule has 0 aromatic heterocycles. The molecule has 1 heterocycles. The minimum atomic E-state index is -4.73. The lowest BCUT2D eigenvalue weighted by atomic mass is 9.97. The number of ether oxygens (including phenoxy) is 2. The molecule has 2 rings (SSSR count). The largest absolute Gasteiger partial charge is 0.475 e. The van der Waals surface area contributed by atoms with E-state index in [0.29, 0.717) is 21.7 Å². The van der Waals surface area contributed by atoms with Crippen LogP contribution in [0.3, 0.4) is 0 Å². The van der Waals surface area contributed by atoms with Crippen LogP contribution >= 0.6 is 11.6 Å². The zero-order valence-electron chi connectivity index (χ0n) is 12.2. The second kappa shape index (κ2) is 5.83. The van der Waals surface area contributed by atoms with Crippen LogP contribution in [0.4, 0.5) is 13.2 Å². The van der Waals surface area contributed by atoms with Crippen molar-refractivity contribution in [1.82, 2.24) is 0 Å². The highest BCUT2D eigenvalue weighted by Gasteiger charge is 2.49. The van der Waals surface area contributed by atoms with E-state index >= 15 is 0 Å². The summed E-state index contributed by atoms with van der Waals surface area (Å²) >= 11 is 6.04. The van der Waals surface area contributed by atoms with Gasteiger partial charge >= 0.3 is 12.1 Å². The lowest BCUT2D eigenvalue weighted by molar-refractivity contribution is -0.188. The summed E-state index contributed by atoms with van der Waals surface area (Å²) in [6.07, 6.45) is -5.94. The smallest absolute Gasteiger partial charge is 0.430 e. The second-order valence-corrected chi connectivity index (χ2v) is 5.29. The average Bonchev–Trinajstić information content (AvgIpc) is 2.43. The van der Waals surface area contributed by atoms with Crippen molar-refractivity contribution < 1.29 is 27.4 Å². The Morgan fingerprint density at radius 2 is 2.00 bits per heavy atom. The number of carbonyl (C=O) groups is 1. The highest BCUT2D eigenvalue weighted by molar-refractivity contribution is 6.31.